The fraction of sp³-hybridized carbons (Fsp3) is 0.409. The van der Waals surface area contributed by atoms with Crippen LogP contribution in [0, 0.1) is 0 Å². The minimum atomic E-state index is -4.99. The molecule has 0 radical (unpaired) electrons. The summed E-state index contributed by atoms with van der Waals surface area (Å²) in [6, 6.07) is 12.5. The smallest absolute Gasteiger partial charge is 0.462 e. The lowest BCUT2D eigenvalue weighted by Gasteiger charge is -2.25. The van der Waals surface area contributed by atoms with E-state index in [1.807, 2.05) is 42.3 Å². The zero-order valence-electron chi connectivity index (χ0n) is 17.6. The van der Waals surface area contributed by atoms with Gasteiger partial charge in [-0.05, 0) is 44.6 Å². The van der Waals surface area contributed by atoms with Gasteiger partial charge in [-0.3, -0.25) is 9.78 Å². The first-order chi connectivity index (χ1) is 14.7. The number of carbonyl (C=O) groups is 2. The van der Waals surface area contributed by atoms with E-state index in [9.17, 15) is 22.8 Å². The molecule has 2 aromatic rings. The first-order valence-corrected chi connectivity index (χ1v) is 9.91. The van der Waals surface area contributed by atoms with Crippen molar-refractivity contribution in [2.45, 2.75) is 32.6 Å². The van der Waals surface area contributed by atoms with Crippen LogP contribution in [0.15, 0.2) is 48.7 Å². The molecule has 0 aliphatic rings. The van der Waals surface area contributed by atoms with Crippen molar-refractivity contribution in [2.75, 3.05) is 26.7 Å². The van der Waals surface area contributed by atoms with Crippen LogP contribution in [0.2, 0.25) is 0 Å². The molecule has 168 valence electrons. The molecule has 6 nitrogen and oxygen atoms in total. The molecule has 2 rings (SSSR count). The Balaban J connectivity index is 2.02. The number of rotatable bonds is 10. The van der Waals surface area contributed by atoms with Crippen LogP contribution >= 0.6 is 0 Å². The van der Waals surface area contributed by atoms with Crippen molar-refractivity contribution in [3.63, 3.8) is 0 Å². The van der Waals surface area contributed by atoms with E-state index in [2.05, 4.69) is 4.98 Å². The molecule has 0 unspecified atom stereocenters. The Morgan fingerprint density at radius 3 is 2.42 bits per heavy atom. The summed E-state index contributed by atoms with van der Waals surface area (Å²) >= 11 is 0. The van der Waals surface area contributed by atoms with Crippen LogP contribution in [0.3, 0.4) is 0 Å². The van der Waals surface area contributed by atoms with Gasteiger partial charge < -0.3 is 14.5 Å². The van der Waals surface area contributed by atoms with Gasteiger partial charge in [-0.2, -0.15) is 13.2 Å². The van der Waals surface area contributed by atoms with Gasteiger partial charge in [-0.25, -0.2) is 4.79 Å². The van der Waals surface area contributed by atoms with Gasteiger partial charge >= 0.3 is 18.1 Å². The number of ether oxygens (including phenoxy) is 1. The number of aromatic nitrogens is 1. The van der Waals surface area contributed by atoms with Gasteiger partial charge in [0.05, 0.1) is 24.4 Å². The lowest BCUT2D eigenvalue weighted by Crippen LogP contribution is -2.42. The summed E-state index contributed by atoms with van der Waals surface area (Å²) in [4.78, 5) is 30.5. The number of esters is 1. The third-order valence-electron chi connectivity index (χ3n) is 4.47. The van der Waals surface area contributed by atoms with Crippen LogP contribution in [0.25, 0.3) is 0 Å². The second kappa shape index (κ2) is 11.5. The molecular formula is C22H26F3N3O3. The van der Waals surface area contributed by atoms with Crippen molar-refractivity contribution in [2.24, 2.45) is 0 Å². The molecular weight excluding hydrogens is 411 g/mol. The summed E-state index contributed by atoms with van der Waals surface area (Å²) in [7, 11) is 1.87. The van der Waals surface area contributed by atoms with Crippen LogP contribution in [0.4, 0.5) is 13.2 Å². The number of pyridine rings is 1. The van der Waals surface area contributed by atoms with E-state index in [1.54, 1.807) is 6.92 Å². The number of hydrogen-bond acceptors (Lipinski definition) is 5. The topological polar surface area (TPSA) is 62.7 Å². The van der Waals surface area contributed by atoms with E-state index in [-0.39, 0.29) is 31.0 Å². The van der Waals surface area contributed by atoms with E-state index in [1.165, 1.54) is 18.3 Å². The Labute approximate surface area is 179 Å². The highest BCUT2D eigenvalue weighted by atomic mass is 19.4. The van der Waals surface area contributed by atoms with Gasteiger partial charge in [-0.15, -0.1) is 0 Å². The highest BCUT2D eigenvalue weighted by Gasteiger charge is 2.42. The average molecular weight is 437 g/mol. The molecule has 0 atom stereocenters. The summed E-state index contributed by atoms with van der Waals surface area (Å²) in [6.45, 7) is 2.53. The van der Waals surface area contributed by atoms with E-state index >= 15 is 0 Å². The highest BCUT2D eigenvalue weighted by Crippen LogP contribution is 2.20. The van der Waals surface area contributed by atoms with Gasteiger partial charge in [-0.1, -0.05) is 30.3 Å². The van der Waals surface area contributed by atoms with Gasteiger partial charge in [0.25, 0.3) is 0 Å². The molecule has 1 aromatic heterocycles. The molecule has 0 saturated heterocycles. The number of nitrogens with zero attached hydrogens (tertiary/aromatic N) is 3. The quantitative estimate of drug-likeness (QED) is 0.531. The molecule has 0 spiro atoms. The number of halogens is 3. The first-order valence-electron chi connectivity index (χ1n) is 9.91. The lowest BCUT2D eigenvalue weighted by atomic mass is 10.2. The SMILES string of the molecule is CCOC(=O)c1ccnc(CN(CCCN(C)Cc2ccccc2)C(=O)C(F)(F)F)c1. The molecule has 0 aliphatic heterocycles. The third kappa shape index (κ3) is 8.01. The molecule has 0 saturated carbocycles. The molecule has 9 heteroatoms. The standard InChI is InChI=1S/C22H26F3N3O3/c1-3-31-20(29)18-10-11-26-19(14-18)16-28(21(30)22(23,24)25)13-7-12-27(2)15-17-8-5-4-6-9-17/h4-6,8-11,14H,3,7,12-13,15-16H2,1-2H3. The van der Waals surface area contributed by atoms with Crippen LogP contribution in [-0.2, 0) is 22.6 Å². The Morgan fingerprint density at radius 1 is 1.06 bits per heavy atom. The molecule has 1 aromatic carbocycles. The summed E-state index contributed by atoms with van der Waals surface area (Å²) in [5.41, 5.74) is 1.45. The van der Waals surface area contributed by atoms with Crippen molar-refractivity contribution < 1.29 is 27.5 Å². The summed E-state index contributed by atoms with van der Waals surface area (Å²) in [5.74, 6) is -2.52. The summed E-state index contributed by atoms with van der Waals surface area (Å²) < 4.78 is 44.2. The normalized spacial score (nSPS) is 11.4. The maximum Gasteiger partial charge on any atom is 0.471 e. The largest absolute Gasteiger partial charge is 0.471 e. The van der Waals surface area contributed by atoms with Gasteiger partial charge in [0.15, 0.2) is 0 Å². The van der Waals surface area contributed by atoms with Crippen molar-refractivity contribution >= 4 is 11.9 Å². The Bertz CT molecular complexity index is 860. The minimum absolute atomic E-state index is 0.0945. The second-order valence-corrected chi connectivity index (χ2v) is 7.06. The number of alkyl halides is 3. The van der Waals surface area contributed by atoms with Crippen molar-refractivity contribution in [1.29, 1.82) is 0 Å². The zero-order valence-corrected chi connectivity index (χ0v) is 17.6. The third-order valence-corrected chi connectivity index (χ3v) is 4.47. The second-order valence-electron chi connectivity index (χ2n) is 7.06. The van der Waals surface area contributed by atoms with Gasteiger partial charge in [0.1, 0.15) is 0 Å². The molecule has 0 N–H and O–H groups in total. The molecule has 1 heterocycles. The Morgan fingerprint density at radius 2 is 1.77 bits per heavy atom. The van der Waals surface area contributed by atoms with E-state index in [0.29, 0.717) is 24.4 Å². The Kier molecular flexibility index (Phi) is 8.99. The number of benzene rings is 1. The number of hydrogen-bond donors (Lipinski definition) is 0. The maximum absolute atomic E-state index is 13.1. The predicted octanol–water partition coefficient (Wildman–Crippen LogP) is 3.67. The van der Waals surface area contributed by atoms with Crippen LogP contribution in [0.5, 0.6) is 0 Å². The van der Waals surface area contributed by atoms with Crippen LogP contribution in [-0.4, -0.2) is 59.6 Å². The number of amides is 1. The maximum atomic E-state index is 13.1. The average Bonchev–Trinajstić information content (AvgIpc) is 2.73. The zero-order chi connectivity index (χ0) is 22.9. The summed E-state index contributed by atoms with van der Waals surface area (Å²) in [6.07, 6.45) is -3.33. The first kappa shape index (κ1) is 24.3. The van der Waals surface area contributed by atoms with Crippen LogP contribution < -0.4 is 0 Å². The van der Waals surface area contributed by atoms with E-state index < -0.39 is 18.1 Å². The molecule has 0 bridgehead atoms. The van der Waals surface area contributed by atoms with Crippen LogP contribution in [0.1, 0.15) is 35.0 Å². The highest BCUT2D eigenvalue weighted by molar-refractivity contribution is 5.89. The lowest BCUT2D eigenvalue weighted by molar-refractivity contribution is -0.186. The Hall–Kier alpha value is -2.94. The molecule has 1 amide bonds. The molecule has 31 heavy (non-hydrogen) atoms. The van der Waals surface area contributed by atoms with Crippen molar-refractivity contribution in [3.8, 4) is 0 Å². The predicted molar refractivity (Wildman–Crippen MR) is 109 cm³/mol. The van der Waals surface area contributed by atoms with Crippen molar-refractivity contribution in [1.82, 2.24) is 14.8 Å². The minimum Gasteiger partial charge on any atom is -0.462 e. The van der Waals surface area contributed by atoms with Gasteiger partial charge in [0, 0.05) is 19.3 Å². The number of carbonyl (C=O) groups excluding carboxylic acids is 2. The van der Waals surface area contributed by atoms with E-state index in [0.717, 1.165) is 5.56 Å². The monoisotopic (exact) mass is 437 g/mol. The van der Waals surface area contributed by atoms with Crippen molar-refractivity contribution in [3.05, 3.63) is 65.5 Å². The fourth-order valence-corrected chi connectivity index (χ4v) is 3.04. The summed E-state index contributed by atoms with van der Waals surface area (Å²) in [5, 5.41) is 0. The van der Waals surface area contributed by atoms with Gasteiger partial charge in [0.2, 0.25) is 0 Å². The molecule has 0 fully saturated rings. The fourth-order valence-electron chi connectivity index (χ4n) is 3.04. The molecule has 0 aliphatic carbocycles. The van der Waals surface area contributed by atoms with E-state index in [4.69, 9.17) is 4.74 Å².